The van der Waals surface area contributed by atoms with E-state index >= 15 is 0 Å². The van der Waals surface area contributed by atoms with Gasteiger partial charge in [0.2, 0.25) is 0 Å². The van der Waals surface area contributed by atoms with Crippen molar-refractivity contribution in [2.45, 2.75) is 39.5 Å². The fraction of sp³-hybridized carbons (Fsp3) is 0.533. The summed E-state index contributed by atoms with van der Waals surface area (Å²) >= 11 is 6.24. The fourth-order valence-corrected chi connectivity index (χ4v) is 2.89. The molecular formula is C15H19ClO2. The van der Waals surface area contributed by atoms with Crippen LogP contribution in [0.2, 0.25) is 5.02 Å². The molecule has 0 heterocycles. The van der Waals surface area contributed by atoms with Crippen LogP contribution in [0.4, 0.5) is 0 Å². The van der Waals surface area contributed by atoms with Crippen LogP contribution in [0, 0.1) is 5.41 Å². The van der Waals surface area contributed by atoms with Gasteiger partial charge in [-0.1, -0.05) is 37.9 Å². The van der Waals surface area contributed by atoms with Crippen molar-refractivity contribution in [1.29, 1.82) is 0 Å². The lowest BCUT2D eigenvalue weighted by molar-refractivity contribution is -0.139. The van der Waals surface area contributed by atoms with E-state index in [1.165, 1.54) is 18.2 Å². The zero-order chi connectivity index (χ0) is 13.3. The first-order valence-electron chi connectivity index (χ1n) is 6.34. The van der Waals surface area contributed by atoms with Crippen LogP contribution < -0.4 is 0 Å². The third-order valence-corrected chi connectivity index (χ3v) is 4.37. The number of fused-ring (bicyclic) bond motifs is 1. The Labute approximate surface area is 113 Å². The molecule has 18 heavy (non-hydrogen) atoms. The summed E-state index contributed by atoms with van der Waals surface area (Å²) in [6, 6.07) is 4.10. The van der Waals surface area contributed by atoms with Gasteiger partial charge in [0.05, 0.1) is 13.5 Å². The molecule has 0 aliphatic heterocycles. The van der Waals surface area contributed by atoms with E-state index in [0.717, 1.165) is 24.8 Å². The molecule has 2 rings (SSSR count). The number of hydrogen-bond acceptors (Lipinski definition) is 2. The Bertz CT molecular complexity index is 482. The summed E-state index contributed by atoms with van der Waals surface area (Å²) in [5, 5.41) is 0.680. The first kappa shape index (κ1) is 13.4. The van der Waals surface area contributed by atoms with Crippen LogP contribution in [0.3, 0.4) is 0 Å². The monoisotopic (exact) mass is 266 g/mol. The normalized spacial score (nSPS) is 21.8. The maximum absolute atomic E-state index is 11.3. The molecule has 0 radical (unpaired) electrons. The Morgan fingerprint density at radius 2 is 2.00 bits per heavy atom. The third kappa shape index (κ3) is 2.54. The van der Waals surface area contributed by atoms with Crippen molar-refractivity contribution in [3.63, 3.8) is 0 Å². The zero-order valence-electron chi connectivity index (χ0n) is 11.2. The van der Waals surface area contributed by atoms with Gasteiger partial charge in [-0.2, -0.15) is 0 Å². The summed E-state index contributed by atoms with van der Waals surface area (Å²) in [6.07, 6.45) is 3.57. The second-order valence-electron chi connectivity index (χ2n) is 5.48. The predicted molar refractivity (Wildman–Crippen MR) is 73.0 cm³/mol. The van der Waals surface area contributed by atoms with E-state index in [-0.39, 0.29) is 12.4 Å². The van der Waals surface area contributed by atoms with Crippen LogP contribution in [0.1, 0.15) is 37.0 Å². The molecule has 1 aromatic rings. The lowest BCUT2D eigenvalue weighted by Gasteiger charge is -2.20. The van der Waals surface area contributed by atoms with Crippen LogP contribution in [0.15, 0.2) is 12.1 Å². The number of methoxy groups -OCH3 is 1. The number of ether oxygens (including phenoxy) is 1. The summed E-state index contributed by atoms with van der Waals surface area (Å²) in [5.74, 6) is -0.242. The molecule has 2 nitrogen and oxygen atoms in total. The minimum atomic E-state index is -0.242. The molecular weight excluding hydrogens is 248 g/mol. The number of carbonyl (C=O) groups excluding carboxylic acids is 1. The highest BCUT2D eigenvalue weighted by atomic mass is 35.5. The highest BCUT2D eigenvalue weighted by molar-refractivity contribution is 6.31. The van der Waals surface area contributed by atoms with Crippen LogP contribution >= 0.6 is 11.6 Å². The van der Waals surface area contributed by atoms with E-state index < -0.39 is 0 Å². The predicted octanol–water partition coefficient (Wildman–Crippen LogP) is 3.57. The second-order valence-corrected chi connectivity index (χ2v) is 5.89. The largest absolute Gasteiger partial charge is 0.469 e. The van der Waals surface area contributed by atoms with Gasteiger partial charge in [0.25, 0.3) is 0 Å². The van der Waals surface area contributed by atoms with Crippen molar-refractivity contribution in [1.82, 2.24) is 0 Å². The van der Waals surface area contributed by atoms with Crippen LogP contribution in [0.25, 0.3) is 0 Å². The van der Waals surface area contributed by atoms with Gasteiger partial charge < -0.3 is 4.74 Å². The molecule has 1 aromatic carbocycles. The molecule has 0 spiro atoms. The topological polar surface area (TPSA) is 26.3 Å². The highest BCUT2D eigenvalue weighted by Gasteiger charge is 2.31. The Morgan fingerprint density at radius 3 is 2.56 bits per heavy atom. The molecule has 0 saturated carbocycles. The van der Waals surface area contributed by atoms with Crippen molar-refractivity contribution in [2.24, 2.45) is 5.41 Å². The fourth-order valence-electron chi connectivity index (χ4n) is 2.63. The number of benzene rings is 1. The summed E-state index contributed by atoms with van der Waals surface area (Å²) in [6.45, 7) is 4.53. The number of hydrogen-bond donors (Lipinski definition) is 0. The average molecular weight is 267 g/mol. The van der Waals surface area contributed by atoms with Crippen LogP contribution in [0.5, 0.6) is 0 Å². The van der Waals surface area contributed by atoms with Gasteiger partial charge in [-0.05, 0) is 41.0 Å². The first-order valence-corrected chi connectivity index (χ1v) is 6.72. The summed E-state index contributed by atoms with van der Waals surface area (Å²) < 4.78 is 4.69. The lowest BCUT2D eigenvalue weighted by Crippen LogP contribution is -2.14. The SMILES string of the molecule is CCC1(C)Cc2cc(Cl)c(CC(=O)OC)cc2C1. The molecule has 0 aromatic heterocycles. The molecule has 1 aliphatic carbocycles. The molecule has 0 fully saturated rings. The van der Waals surface area contributed by atoms with Crippen molar-refractivity contribution >= 4 is 17.6 Å². The quantitative estimate of drug-likeness (QED) is 0.782. The smallest absolute Gasteiger partial charge is 0.310 e. The van der Waals surface area contributed by atoms with E-state index in [4.69, 9.17) is 16.3 Å². The van der Waals surface area contributed by atoms with E-state index in [0.29, 0.717) is 10.4 Å². The van der Waals surface area contributed by atoms with Gasteiger partial charge in [0, 0.05) is 5.02 Å². The molecule has 0 N–H and O–H groups in total. The van der Waals surface area contributed by atoms with Gasteiger partial charge >= 0.3 is 5.97 Å². The molecule has 1 aliphatic rings. The van der Waals surface area contributed by atoms with Crippen molar-refractivity contribution in [3.8, 4) is 0 Å². The van der Waals surface area contributed by atoms with E-state index in [2.05, 4.69) is 19.9 Å². The van der Waals surface area contributed by atoms with E-state index in [1.54, 1.807) is 0 Å². The number of rotatable bonds is 3. The first-order chi connectivity index (χ1) is 8.47. The van der Waals surface area contributed by atoms with E-state index in [9.17, 15) is 4.79 Å². The summed E-state index contributed by atoms with van der Waals surface area (Å²) in [5.41, 5.74) is 3.89. The van der Waals surface area contributed by atoms with Crippen molar-refractivity contribution < 1.29 is 9.53 Å². The van der Waals surface area contributed by atoms with Gasteiger partial charge in [0.15, 0.2) is 0 Å². The Kier molecular flexibility index (Phi) is 3.67. The van der Waals surface area contributed by atoms with Gasteiger partial charge in [-0.15, -0.1) is 0 Å². The Balaban J connectivity index is 2.29. The Hall–Kier alpha value is -1.02. The standard InChI is InChI=1S/C15H19ClO2/c1-4-15(2)8-11-5-10(7-14(17)18-3)13(16)6-12(11)9-15/h5-6H,4,7-9H2,1-3H3. The van der Waals surface area contributed by atoms with Crippen molar-refractivity contribution in [3.05, 3.63) is 33.8 Å². The average Bonchev–Trinajstić information content (AvgIpc) is 2.66. The third-order valence-electron chi connectivity index (χ3n) is 4.02. The summed E-state index contributed by atoms with van der Waals surface area (Å²) in [4.78, 5) is 11.3. The van der Waals surface area contributed by atoms with Crippen LogP contribution in [-0.2, 0) is 28.8 Å². The molecule has 1 unspecified atom stereocenters. The molecule has 1 atom stereocenters. The maximum Gasteiger partial charge on any atom is 0.310 e. The second kappa shape index (κ2) is 4.93. The van der Waals surface area contributed by atoms with Gasteiger partial charge in [-0.25, -0.2) is 0 Å². The molecule has 0 saturated heterocycles. The van der Waals surface area contributed by atoms with Crippen molar-refractivity contribution in [2.75, 3.05) is 7.11 Å². The highest BCUT2D eigenvalue weighted by Crippen LogP contribution is 2.41. The molecule has 98 valence electrons. The minimum absolute atomic E-state index is 0.242. The molecule has 0 amide bonds. The summed E-state index contributed by atoms with van der Waals surface area (Å²) in [7, 11) is 1.40. The maximum atomic E-state index is 11.3. The number of esters is 1. The zero-order valence-corrected chi connectivity index (χ0v) is 11.9. The molecule has 3 heteroatoms. The van der Waals surface area contributed by atoms with Gasteiger partial charge in [-0.3, -0.25) is 4.79 Å². The number of halogens is 1. The lowest BCUT2D eigenvalue weighted by atomic mass is 9.85. The molecule has 0 bridgehead atoms. The van der Waals surface area contributed by atoms with Gasteiger partial charge in [0.1, 0.15) is 0 Å². The number of carbonyl (C=O) groups is 1. The van der Waals surface area contributed by atoms with Crippen LogP contribution in [-0.4, -0.2) is 13.1 Å². The Morgan fingerprint density at radius 1 is 1.39 bits per heavy atom. The van der Waals surface area contributed by atoms with E-state index in [1.807, 2.05) is 6.07 Å². The minimum Gasteiger partial charge on any atom is -0.469 e.